The van der Waals surface area contributed by atoms with Gasteiger partial charge in [-0.1, -0.05) is 95.2 Å². The highest BCUT2D eigenvalue weighted by Gasteiger charge is 2.16. The molecule has 0 aromatic heterocycles. The Hall–Kier alpha value is -0.790. The second-order valence-corrected chi connectivity index (χ2v) is 7.90. The highest BCUT2D eigenvalue weighted by Crippen LogP contribution is 2.17. The van der Waals surface area contributed by atoms with Gasteiger partial charge < -0.3 is 16.9 Å². The Bertz CT molecular complexity index is 453. The van der Waals surface area contributed by atoms with Gasteiger partial charge in [-0.05, 0) is 18.4 Å². The van der Waals surface area contributed by atoms with Crippen molar-refractivity contribution in [3.63, 3.8) is 0 Å². The smallest absolute Gasteiger partial charge is 0.105 e. The standard InChI is InChI=1S/C23H40N.ClH/c1-5-7-8-9-10-11-12-13-14-17-20-24(3,4)21-23-19-16-15-18-22(23)6-2;/h6,15-16,18-19H,2,5,7-14,17,20-21H2,1,3-4H3;1H/q+1;/p-1. The molecule has 0 aliphatic rings. The highest BCUT2D eigenvalue weighted by molar-refractivity contribution is 5.51. The zero-order valence-corrected chi connectivity index (χ0v) is 17.7. The summed E-state index contributed by atoms with van der Waals surface area (Å²) in [6, 6.07) is 8.66. The van der Waals surface area contributed by atoms with E-state index in [1.807, 2.05) is 6.08 Å². The van der Waals surface area contributed by atoms with Gasteiger partial charge in [-0.3, -0.25) is 0 Å². The van der Waals surface area contributed by atoms with Crippen LogP contribution in [-0.2, 0) is 6.54 Å². The van der Waals surface area contributed by atoms with Crippen LogP contribution in [0.15, 0.2) is 30.8 Å². The minimum absolute atomic E-state index is 0. The minimum Gasteiger partial charge on any atom is -1.00 e. The molecule has 2 heteroatoms. The molecule has 0 fully saturated rings. The Morgan fingerprint density at radius 2 is 1.36 bits per heavy atom. The van der Waals surface area contributed by atoms with E-state index >= 15 is 0 Å². The Kier molecular flexibility index (Phi) is 13.9. The zero-order chi connectivity index (χ0) is 17.7. The first-order valence-electron chi connectivity index (χ1n) is 10.1. The van der Waals surface area contributed by atoms with E-state index in [4.69, 9.17) is 0 Å². The Labute approximate surface area is 163 Å². The molecule has 0 amide bonds. The number of halogens is 1. The summed E-state index contributed by atoms with van der Waals surface area (Å²) in [4.78, 5) is 0. The highest BCUT2D eigenvalue weighted by atomic mass is 35.5. The fourth-order valence-electron chi connectivity index (χ4n) is 3.44. The van der Waals surface area contributed by atoms with E-state index in [1.165, 1.54) is 81.9 Å². The Balaban J connectivity index is 0.00000576. The van der Waals surface area contributed by atoms with Gasteiger partial charge in [-0.25, -0.2) is 0 Å². The molecule has 1 aromatic carbocycles. The van der Waals surface area contributed by atoms with Crippen LogP contribution in [0.5, 0.6) is 0 Å². The van der Waals surface area contributed by atoms with Crippen molar-refractivity contribution in [2.45, 2.75) is 77.7 Å². The van der Waals surface area contributed by atoms with Crippen LogP contribution in [0.1, 0.15) is 82.3 Å². The zero-order valence-electron chi connectivity index (χ0n) is 16.9. The maximum Gasteiger partial charge on any atom is 0.105 e. The van der Waals surface area contributed by atoms with Crippen LogP contribution in [0.3, 0.4) is 0 Å². The van der Waals surface area contributed by atoms with Crippen molar-refractivity contribution in [2.24, 2.45) is 0 Å². The molecule has 0 saturated heterocycles. The first kappa shape index (κ1) is 24.2. The Morgan fingerprint density at radius 3 is 1.92 bits per heavy atom. The average molecular weight is 366 g/mol. The quantitative estimate of drug-likeness (QED) is 0.347. The lowest BCUT2D eigenvalue weighted by molar-refractivity contribution is -0.903. The SMILES string of the molecule is C=Cc1ccccc1C[N+](C)(C)CCCCCCCCCCCC.[Cl-]. The first-order chi connectivity index (χ1) is 11.6. The van der Waals surface area contributed by atoms with E-state index < -0.39 is 0 Å². The van der Waals surface area contributed by atoms with Gasteiger partial charge in [0.05, 0.1) is 20.6 Å². The summed E-state index contributed by atoms with van der Waals surface area (Å²) >= 11 is 0. The fourth-order valence-corrected chi connectivity index (χ4v) is 3.44. The van der Waals surface area contributed by atoms with Gasteiger partial charge in [0.25, 0.3) is 0 Å². The lowest BCUT2D eigenvalue weighted by Crippen LogP contribution is -3.00. The summed E-state index contributed by atoms with van der Waals surface area (Å²) in [5.41, 5.74) is 2.70. The number of nitrogens with zero attached hydrogens (tertiary/aromatic N) is 1. The predicted octanol–water partition coefficient (Wildman–Crippen LogP) is 3.83. The van der Waals surface area contributed by atoms with Gasteiger partial charge in [0.1, 0.15) is 6.54 Å². The molecule has 0 atom stereocenters. The summed E-state index contributed by atoms with van der Waals surface area (Å²) in [6.45, 7) is 8.59. The molecule has 0 spiro atoms. The monoisotopic (exact) mass is 365 g/mol. The van der Waals surface area contributed by atoms with Crippen molar-refractivity contribution in [1.82, 2.24) is 0 Å². The van der Waals surface area contributed by atoms with Crippen LogP contribution in [-0.4, -0.2) is 25.1 Å². The summed E-state index contributed by atoms with van der Waals surface area (Å²) in [5.74, 6) is 0. The number of unbranched alkanes of at least 4 members (excludes halogenated alkanes) is 9. The van der Waals surface area contributed by atoms with Crippen molar-refractivity contribution >= 4 is 6.08 Å². The first-order valence-corrected chi connectivity index (χ1v) is 10.1. The molecule has 144 valence electrons. The lowest BCUT2D eigenvalue weighted by atomic mass is 10.1. The molecule has 25 heavy (non-hydrogen) atoms. The van der Waals surface area contributed by atoms with E-state index in [0.29, 0.717) is 0 Å². The third kappa shape index (κ3) is 11.4. The van der Waals surface area contributed by atoms with E-state index in [1.54, 1.807) is 0 Å². The van der Waals surface area contributed by atoms with Crippen molar-refractivity contribution in [2.75, 3.05) is 20.6 Å². The van der Waals surface area contributed by atoms with E-state index in [-0.39, 0.29) is 12.4 Å². The third-order valence-electron chi connectivity index (χ3n) is 4.99. The second kappa shape index (κ2) is 14.4. The average Bonchev–Trinajstić information content (AvgIpc) is 2.56. The van der Waals surface area contributed by atoms with Gasteiger partial charge in [-0.2, -0.15) is 0 Å². The fraction of sp³-hybridized carbons (Fsp3) is 0.652. The molecular weight excluding hydrogens is 326 g/mol. The van der Waals surface area contributed by atoms with E-state index in [9.17, 15) is 0 Å². The summed E-state index contributed by atoms with van der Waals surface area (Å²) < 4.78 is 1.07. The normalized spacial score (nSPS) is 11.2. The molecule has 0 unspecified atom stereocenters. The van der Waals surface area contributed by atoms with Crippen molar-refractivity contribution in [1.29, 1.82) is 0 Å². The van der Waals surface area contributed by atoms with Crippen LogP contribution in [0.4, 0.5) is 0 Å². The Morgan fingerprint density at radius 1 is 0.840 bits per heavy atom. The van der Waals surface area contributed by atoms with Gasteiger partial charge >= 0.3 is 0 Å². The van der Waals surface area contributed by atoms with Crippen molar-refractivity contribution < 1.29 is 16.9 Å². The maximum atomic E-state index is 3.94. The molecular formula is C23H40ClN. The van der Waals surface area contributed by atoms with Gasteiger partial charge in [-0.15, -0.1) is 0 Å². The molecule has 1 aromatic rings. The third-order valence-corrected chi connectivity index (χ3v) is 4.99. The predicted molar refractivity (Wildman–Crippen MR) is 109 cm³/mol. The van der Waals surface area contributed by atoms with E-state index in [2.05, 4.69) is 51.9 Å². The van der Waals surface area contributed by atoms with Crippen LogP contribution >= 0.6 is 0 Å². The summed E-state index contributed by atoms with van der Waals surface area (Å²) in [7, 11) is 4.71. The molecule has 0 bridgehead atoms. The van der Waals surface area contributed by atoms with Gasteiger partial charge in [0, 0.05) is 5.56 Å². The van der Waals surface area contributed by atoms with Crippen LogP contribution in [0.2, 0.25) is 0 Å². The topological polar surface area (TPSA) is 0 Å². The molecule has 0 radical (unpaired) electrons. The summed E-state index contributed by atoms with van der Waals surface area (Å²) in [6.07, 6.45) is 16.1. The largest absolute Gasteiger partial charge is 1.00 e. The van der Waals surface area contributed by atoms with Gasteiger partial charge in [0.2, 0.25) is 0 Å². The maximum absolute atomic E-state index is 3.94. The molecule has 0 aliphatic heterocycles. The number of rotatable bonds is 14. The lowest BCUT2D eigenvalue weighted by Gasteiger charge is -2.30. The summed E-state index contributed by atoms with van der Waals surface area (Å²) in [5, 5.41) is 0. The minimum atomic E-state index is 0. The molecule has 1 rings (SSSR count). The second-order valence-electron chi connectivity index (χ2n) is 7.90. The number of hydrogen-bond donors (Lipinski definition) is 0. The number of benzene rings is 1. The number of quaternary nitrogens is 1. The van der Waals surface area contributed by atoms with E-state index in [0.717, 1.165) is 11.0 Å². The molecule has 0 heterocycles. The van der Waals surface area contributed by atoms with Crippen LogP contribution < -0.4 is 12.4 Å². The van der Waals surface area contributed by atoms with Crippen LogP contribution in [0.25, 0.3) is 6.08 Å². The van der Waals surface area contributed by atoms with Gasteiger partial charge in [0.15, 0.2) is 0 Å². The van der Waals surface area contributed by atoms with Crippen molar-refractivity contribution in [3.8, 4) is 0 Å². The number of hydrogen-bond acceptors (Lipinski definition) is 0. The molecule has 0 aliphatic carbocycles. The molecule has 0 saturated carbocycles. The molecule has 1 nitrogen and oxygen atoms in total. The molecule has 0 N–H and O–H groups in total. The van der Waals surface area contributed by atoms with Crippen molar-refractivity contribution in [3.05, 3.63) is 42.0 Å². The van der Waals surface area contributed by atoms with Crippen LogP contribution in [0, 0.1) is 0 Å².